The summed E-state index contributed by atoms with van der Waals surface area (Å²) >= 11 is 1.86. The highest BCUT2D eigenvalue weighted by molar-refractivity contribution is 14.1. The van der Waals surface area contributed by atoms with E-state index in [1.807, 2.05) is 22.6 Å². The number of amides is 2. The van der Waals surface area contributed by atoms with Crippen molar-refractivity contribution in [2.45, 2.75) is 52.7 Å². The fourth-order valence-corrected chi connectivity index (χ4v) is 3.17. The molecule has 13 heteroatoms. The maximum Gasteiger partial charge on any atom is 0.408 e. The van der Waals surface area contributed by atoms with E-state index in [1.54, 1.807) is 59.7 Å². The number of terminal acetylenes is 1. The number of carbonyl (C=O) groups is 2. The molecular formula is C32H41F2IN2O8. The number of benzene rings is 2. The maximum absolute atomic E-state index is 13.7. The molecular weight excluding hydrogens is 705 g/mol. The number of hydrogen-bond donors (Lipinski definition) is 4. The third-order valence-electron chi connectivity index (χ3n) is 4.26. The summed E-state index contributed by atoms with van der Waals surface area (Å²) in [5.74, 6) is 7.41. The first-order valence-corrected chi connectivity index (χ1v) is 14.7. The van der Waals surface area contributed by atoms with Crippen molar-refractivity contribution < 1.29 is 47.5 Å². The molecule has 248 valence electrons. The minimum absolute atomic E-state index is 0.0166. The fraction of sp³-hybridized carbons (Fsp3) is 0.438. The summed E-state index contributed by atoms with van der Waals surface area (Å²) in [6.07, 6.45) is 3.85. The van der Waals surface area contributed by atoms with E-state index in [0.717, 1.165) is 0 Å². The van der Waals surface area contributed by atoms with E-state index in [0.29, 0.717) is 9.32 Å². The molecule has 0 saturated heterocycles. The lowest BCUT2D eigenvalue weighted by molar-refractivity contribution is 0.0523. The van der Waals surface area contributed by atoms with Crippen molar-refractivity contribution in [2.75, 3.05) is 39.5 Å². The average Bonchev–Trinajstić information content (AvgIpc) is 2.93. The van der Waals surface area contributed by atoms with Gasteiger partial charge in [-0.15, -0.1) is 6.42 Å². The number of nitrogens with one attached hydrogen (secondary N) is 2. The van der Waals surface area contributed by atoms with Crippen LogP contribution in [0.5, 0.6) is 11.5 Å². The van der Waals surface area contributed by atoms with Gasteiger partial charge in [0.2, 0.25) is 0 Å². The molecule has 2 aromatic carbocycles. The SMILES string of the molecule is C#CCNC(=O)OC(C)(C)C.CC(C)(C)OC(=O)NCC#Cc1c(F)cccc1OCCO.OCCOc1cccc(F)c1I. The zero-order chi connectivity index (χ0) is 34.5. The summed E-state index contributed by atoms with van der Waals surface area (Å²) in [6.45, 7) is 10.9. The predicted molar refractivity (Wildman–Crippen MR) is 175 cm³/mol. The molecule has 0 aliphatic carbocycles. The van der Waals surface area contributed by atoms with E-state index in [-0.39, 0.29) is 56.6 Å². The Morgan fingerprint density at radius 1 is 0.822 bits per heavy atom. The number of hydrogen-bond acceptors (Lipinski definition) is 8. The summed E-state index contributed by atoms with van der Waals surface area (Å²) in [7, 11) is 0. The van der Waals surface area contributed by atoms with Gasteiger partial charge in [0.1, 0.15) is 53.1 Å². The van der Waals surface area contributed by atoms with Crippen molar-refractivity contribution in [3.05, 3.63) is 57.2 Å². The van der Waals surface area contributed by atoms with Gasteiger partial charge in [-0.2, -0.15) is 0 Å². The third-order valence-corrected chi connectivity index (χ3v) is 5.30. The van der Waals surface area contributed by atoms with E-state index in [1.165, 1.54) is 18.2 Å². The first-order valence-electron chi connectivity index (χ1n) is 13.6. The van der Waals surface area contributed by atoms with Crippen LogP contribution in [0.2, 0.25) is 0 Å². The van der Waals surface area contributed by atoms with Gasteiger partial charge < -0.3 is 39.8 Å². The number of halogens is 3. The molecule has 4 N–H and O–H groups in total. The molecule has 2 rings (SSSR count). The van der Waals surface area contributed by atoms with Gasteiger partial charge in [-0.3, -0.25) is 0 Å². The van der Waals surface area contributed by atoms with Gasteiger partial charge in [-0.25, -0.2) is 18.4 Å². The van der Waals surface area contributed by atoms with Crippen LogP contribution >= 0.6 is 22.6 Å². The molecule has 0 spiro atoms. The van der Waals surface area contributed by atoms with Crippen molar-refractivity contribution in [3.8, 4) is 35.7 Å². The Hall–Kier alpha value is -3.79. The molecule has 2 amide bonds. The van der Waals surface area contributed by atoms with Crippen LogP contribution in [-0.4, -0.2) is 73.1 Å². The molecule has 2 aromatic rings. The Morgan fingerprint density at radius 2 is 1.29 bits per heavy atom. The summed E-state index contributed by atoms with van der Waals surface area (Å²) in [6, 6.07) is 8.92. The first kappa shape index (κ1) is 41.2. The number of rotatable bonds is 8. The number of ether oxygens (including phenoxy) is 4. The maximum atomic E-state index is 13.7. The van der Waals surface area contributed by atoms with Crippen LogP contribution in [0.4, 0.5) is 18.4 Å². The number of alkyl carbamates (subject to hydrolysis) is 2. The van der Waals surface area contributed by atoms with E-state index in [2.05, 4.69) is 28.4 Å². The number of carbonyl (C=O) groups excluding carboxylic acids is 2. The normalized spacial score (nSPS) is 10.2. The molecule has 0 fully saturated rings. The Kier molecular flexibility index (Phi) is 20.0. The molecule has 0 saturated carbocycles. The van der Waals surface area contributed by atoms with E-state index < -0.39 is 29.2 Å². The van der Waals surface area contributed by atoms with Gasteiger partial charge in [-0.1, -0.05) is 29.9 Å². The lowest BCUT2D eigenvalue weighted by Gasteiger charge is -2.19. The predicted octanol–water partition coefficient (Wildman–Crippen LogP) is 5.02. The smallest absolute Gasteiger partial charge is 0.408 e. The Balaban J connectivity index is 0.000000710. The molecule has 0 atom stereocenters. The molecule has 45 heavy (non-hydrogen) atoms. The number of aliphatic hydroxyl groups is 2. The van der Waals surface area contributed by atoms with Crippen LogP contribution in [0.1, 0.15) is 47.1 Å². The van der Waals surface area contributed by atoms with Crippen molar-refractivity contribution in [2.24, 2.45) is 0 Å². The van der Waals surface area contributed by atoms with E-state index >= 15 is 0 Å². The van der Waals surface area contributed by atoms with Crippen molar-refractivity contribution in [3.63, 3.8) is 0 Å². The monoisotopic (exact) mass is 746 g/mol. The Labute approximate surface area is 277 Å². The molecule has 10 nitrogen and oxygen atoms in total. The lowest BCUT2D eigenvalue weighted by atomic mass is 10.2. The Morgan fingerprint density at radius 3 is 1.78 bits per heavy atom. The van der Waals surface area contributed by atoms with Crippen LogP contribution in [0.15, 0.2) is 36.4 Å². The highest BCUT2D eigenvalue weighted by atomic mass is 127. The molecule has 0 aliphatic rings. The second-order valence-electron chi connectivity index (χ2n) is 10.5. The van der Waals surface area contributed by atoms with Gasteiger partial charge in [0.05, 0.1) is 29.9 Å². The highest BCUT2D eigenvalue weighted by Gasteiger charge is 2.16. The third kappa shape index (κ3) is 20.7. The van der Waals surface area contributed by atoms with Crippen LogP contribution in [0, 0.1) is 39.4 Å². The quantitative estimate of drug-likeness (QED) is 0.219. The highest BCUT2D eigenvalue weighted by Crippen LogP contribution is 2.23. The second kappa shape index (κ2) is 21.8. The Bertz CT molecular complexity index is 1310. The zero-order valence-electron chi connectivity index (χ0n) is 26.3. The van der Waals surface area contributed by atoms with Crippen molar-refractivity contribution in [1.29, 1.82) is 0 Å². The first-order chi connectivity index (χ1) is 21.0. The summed E-state index contributed by atoms with van der Waals surface area (Å²) in [5.41, 5.74) is -0.963. The van der Waals surface area contributed by atoms with Gasteiger partial charge in [0.15, 0.2) is 0 Å². The van der Waals surface area contributed by atoms with Gasteiger partial charge in [-0.05, 0) is 88.4 Å². The molecule has 0 radical (unpaired) electrons. The molecule has 0 unspecified atom stereocenters. The zero-order valence-corrected chi connectivity index (χ0v) is 28.4. The average molecular weight is 747 g/mol. The summed E-state index contributed by atoms with van der Waals surface area (Å²) < 4.78 is 47.2. The molecule has 0 bridgehead atoms. The topological polar surface area (TPSA) is 136 Å². The van der Waals surface area contributed by atoms with Crippen LogP contribution in [0.3, 0.4) is 0 Å². The molecule has 0 aliphatic heterocycles. The van der Waals surface area contributed by atoms with Crippen molar-refractivity contribution >= 4 is 34.8 Å². The lowest BCUT2D eigenvalue weighted by Crippen LogP contribution is -2.32. The summed E-state index contributed by atoms with van der Waals surface area (Å²) in [5, 5.41) is 22.1. The van der Waals surface area contributed by atoms with E-state index in [4.69, 9.17) is 35.6 Å². The van der Waals surface area contributed by atoms with Crippen LogP contribution < -0.4 is 20.1 Å². The number of aliphatic hydroxyl groups excluding tert-OH is 2. The van der Waals surface area contributed by atoms with Gasteiger partial charge in [0, 0.05) is 0 Å². The van der Waals surface area contributed by atoms with Crippen LogP contribution in [0.25, 0.3) is 0 Å². The minimum atomic E-state index is -0.591. The summed E-state index contributed by atoms with van der Waals surface area (Å²) in [4.78, 5) is 22.2. The van der Waals surface area contributed by atoms with E-state index in [9.17, 15) is 18.4 Å². The van der Waals surface area contributed by atoms with Crippen molar-refractivity contribution in [1.82, 2.24) is 10.6 Å². The van der Waals surface area contributed by atoms with Gasteiger partial charge in [0.25, 0.3) is 0 Å². The standard InChI is InChI=1S/C16H20FNO4.C8H8FIO2.C8H13NO2/c1-16(2,3)22-15(20)18-9-5-6-12-13(17)7-4-8-14(12)21-11-10-19;9-6-2-1-3-7(8(6)10)12-5-4-11;1-5-6-9-7(10)11-8(2,3)4/h4,7-8,19H,9-11H2,1-3H3,(H,18,20);1-3,11H,4-5H2;1H,6H2,2-4H3,(H,9,10). The van der Waals surface area contributed by atoms with Crippen LogP contribution in [-0.2, 0) is 9.47 Å². The molecule has 0 heterocycles. The second-order valence-corrected chi connectivity index (χ2v) is 11.6. The largest absolute Gasteiger partial charge is 0.490 e. The molecule has 0 aromatic heterocycles. The fourth-order valence-electron chi connectivity index (χ4n) is 2.65. The van der Waals surface area contributed by atoms with Gasteiger partial charge >= 0.3 is 12.2 Å². The minimum Gasteiger partial charge on any atom is -0.490 e.